The fourth-order valence-corrected chi connectivity index (χ4v) is 3.96. The van der Waals surface area contributed by atoms with Crippen LogP contribution in [-0.2, 0) is 10.0 Å². The fourth-order valence-electron chi connectivity index (χ4n) is 1.21. The van der Waals surface area contributed by atoms with E-state index in [0.717, 1.165) is 11.3 Å². The molecule has 0 amide bonds. The number of nitrogens with one attached hydrogen (secondary N) is 1. The van der Waals surface area contributed by atoms with Crippen molar-refractivity contribution in [1.82, 2.24) is 9.97 Å². The molecule has 1 N–H and O–H groups in total. The molecule has 0 aliphatic carbocycles. The second-order valence-electron chi connectivity index (χ2n) is 3.16. The van der Waals surface area contributed by atoms with Crippen LogP contribution in [0.25, 0.3) is 0 Å². The topological polar surface area (TPSA) is 72.0 Å². The van der Waals surface area contributed by atoms with E-state index in [1.165, 1.54) is 6.20 Å². The third-order valence-electron chi connectivity index (χ3n) is 1.88. The van der Waals surface area contributed by atoms with E-state index < -0.39 is 10.0 Å². The summed E-state index contributed by atoms with van der Waals surface area (Å²) in [6.07, 6.45) is 1.50. The van der Waals surface area contributed by atoms with E-state index in [-0.39, 0.29) is 14.5 Å². The van der Waals surface area contributed by atoms with Crippen molar-refractivity contribution >= 4 is 38.8 Å². The molecule has 0 aromatic carbocycles. The standard InChI is InChI=1S/C9H8ClN3O2S2/c1-6-8(16-9(10)12-6)17(14,15)13-7-4-2-3-5-11-7/h2-5H,1H3,(H,11,13). The summed E-state index contributed by atoms with van der Waals surface area (Å²) in [5.74, 6) is 0.261. The minimum absolute atomic E-state index is 0.105. The van der Waals surface area contributed by atoms with Crippen LogP contribution in [0.1, 0.15) is 5.69 Å². The van der Waals surface area contributed by atoms with Gasteiger partial charge in [-0.25, -0.2) is 18.4 Å². The van der Waals surface area contributed by atoms with Crippen molar-refractivity contribution in [3.63, 3.8) is 0 Å². The van der Waals surface area contributed by atoms with E-state index in [0.29, 0.717) is 5.69 Å². The summed E-state index contributed by atoms with van der Waals surface area (Å²) in [4.78, 5) is 7.75. The summed E-state index contributed by atoms with van der Waals surface area (Å²) in [7, 11) is -3.66. The van der Waals surface area contributed by atoms with Gasteiger partial charge in [0.2, 0.25) is 0 Å². The van der Waals surface area contributed by atoms with E-state index in [4.69, 9.17) is 11.6 Å². The highest BCUT2D eigenvalue weighted by atomic mass is 35.5. The number of thiazole rings is 1. The summed E-state index contributed by atoms with van der Waals surface area (Å²) in [5.41, 5.74) is 0.378. The van der Waals surface area contributed by atoms with E-state index in [2.05, 4.69) is 14.7 Å². The third-order valence-corrected chi connectivity index (χ3v) is 5.10. The number of hydrogen-bond donors (Lipinski definition) is 1. The van der Waals surface area contributed by atoms with Crippen LogP contribution in [0.5, 0.6) is 0 Å². The number of anilines is 1. The smallest absolute Gasteiger partial charge is 0.263 e. The Kier molecular flexibility index (Phi) is 3.32. The SMILES string of the molecule is Cc1nc(Cl)sc1S(=O)(=O)Nc1ccccn1. The molecule has 0 saturated heterocycles. The van der Waals surface area contributed by atoms with Crippen LogP contribution >= 0.6 is 22.9 Å². The van der Waals surface area contributed by atoms with Crippen molar-refractivity contribution in [2.45, 2.75) is 11.1 Å². The Hall–Kier alpha value is -1.18. The van der Waals surface area contributed by atoms with Gasteiger partial charge in [0.15, 0.2) is 8.68 Å². The Labute approximate surface area is 108 Å². The molecule has 0 unspecified atom stereocenters. The van der Waals surface area contributed by atoms with Crippen LogP contribution in [0.4, 0.5) is 5.82 Å². The first-order chi connectivity index (χ1) is 7.99. The number of pyridine rings is 1. The lowest BCUT2D eigenvalue weighted by Crippen LogP contribution is -2.13. The first kappa shape index (κ1) is 12.3. The highest BCUT2D eigenvalue weighted by Gasteiger charge is 2.21. The molecule has 0 aliphatic rings. The van der Waals surface area contributed by atoms with Crippen molar-refractivity contribution in [3.8, 4) is 0 Å². The fraction of sp³-hybridized carbons (Fsp3) is 0.111. The van der Waals surface area contributed by atoms with Crippen molar-refractivity contribution in [2.75, 3.05) is 4.72 Å². The zero-order valence-corrected chi connectivity index (χ0v) is 11.1. The van der Waals surface area contributed by atoms with Gasteiger partial charge in [0.25, 0.3) is 10.0 Å². The van der Waals surface area contributed by atoms with Gasteiger partial charge in [-0.2, -0.15) is 0 Å². The lowest BCUT2D eigenvalue weighted by molar-refractivity contribution is 0.602. The average molecular weight is 290 g/mol. The Morgan fingerprint density at radius 3 is 2.71 bits per heavy atom. The number of aromatic nitrogens is 2. The molecule has 0 atom stereocenters. The van der Waals surface area contributed by atoms with Crippen LogP contribution in [-0.4, -0.2) is 18.4 Å². The van der Waals surface area contributed by atoms with E-state index in [1.807, 2.05) is 0 Å². The highest BCUT2D eigenvalue weighted by Crippen LogP contribution is 2.27. The van der Waals surface area contributed by atoms with E-state index in [9.17, 15) is 8.42 Å². The number of nitrogens with zero attached hydrogens (tertiary/aromatic N) is 2. The van der Waals surface area contributed by atoms with Crippen molar-refractivity contribution in [3.05, 3.63) is 34.6 Å². The number of halogens is 1. The lowest BCUT2D eigenvalue weighted by atomic mass is 10.5. The van der Waals surface area contributed by atoms with Crippen LogP contribution < -0.4 is 4.72 Å². The predicted molar refractivity (Wildman–Crippen MR) is 66.9 cm³/mol. The van der Waals surface area contributed by atoms with Gasteiger partial charge < -0.3 is 0 Å². The van der Waals surface area contributed by atoms with Crippen molar-refractivity contribution < 1.29 is 8.42 Å². The zero-order valence-electron chi connectivity index (χ0n) is 8.71. The molecule has 90 valence electrons. The molecule has 0 radical (unpaired) electrons. The third kappa shape index (κ3) is 2.74. The molecule has 0 bridgehead atoms. The van der Waals surface area contributed by atoms with E-state index in [1.54, 1.807) is 25.1 Å². The van der Waals surface area contributed by atoms with Crippen LogP contribution in [0.3, 0.4) is 0 Å². The summed E-state index contributed by atoms with van der Waals surface area (Å²) in [6, 6.07) is 4.96. The molecule has 0 aliphatic heterocycles. The molecule has 0 saturated carbocycles. The maximum atomic E-state index is 12.0. The molecule has 2 heterocycles. The van der Waals surface area contributed by atoms with Crippen molar-refractivity contribution in [2.24, 2.45) is 0 Å². The minimum Gasteiger partial charge on any atom is -0.263 e. The van der Waals surface area contributed by atoms with Gasteiger partial charge in [0.1, 0.15) is 5.82 Å². The van der Waals surface area contributed by atoms with Gasteiger partial charge in [0.05, 0.1) is 5.69 Å². The molecule has 5 nitrogen and oxygen atoms in total. The molecule has 0 spiro atoms. The van der Waals surface area contributed by atoms with Crippen LogP contribution in [0.15, 0.2) is 28.6 Å². The first-order valence-electron chi connectivity index (χ1n) is 4.56. The first-order valence-corrected chi connectivity index (χ1v) is 7.23. The maximum Gasteiger partial charge on any atom is 0.274 e. The Morgan fingerprint density at radius 2 is 2.18 bits per heavy atom. The lowest BCUT2D eigenvalue weighted by Gasteiger charge is -2.04. The van der Waals surface area contributed by atoms with Gasteiger partial charge in [0, 0.05) is 6.20 Å². The minimum atomic E-state index is -3.66. The van der Waals surface area contributed by atoms with Gasteiger partial charge in [-0.1, -0.05) is 29.0 Å². The number of rotatable bonds is 3. The van der Waals surface area contributed by atoms with Crippen LogP contribution in [0.2, 0.25) is 4.47 Å². The molecule has 0 fully saturated rings. The Balaban J connectivity index is 2.35. The molecule has 2 aromatic heterocycles. The second kappa shape index (κ2) is 4.59. The highest BCUT2D eigenvalue weighted by molar-refractivity contribution is 7.94. The zero-order chi connectivity index (χ0) is 12.5. The Morgan fingerprint density at radius 1 is 1.41 bits per heavy atom. The quantitative estimate of drug-likeness (QED) is 0.941. The average Bonchev–Trinajstić information content (AvgIpc) is 2.59. The molecule has 2 rings (SSSR count). The van der Waals surface area contributed by atoms with Gasteiger partial charge in [-0.15, -0.1) is 0 Å². The van der Waals surface area contributed by atoms with Gasteiger partial charge in [-0.05, 0) is 19.1 Å². The second-order valence-corrected chi connectivity index (χ2v) is 6.62. The number of aryl methyl sites for hydroxylation is 1. The van der Waals surface area contributed by atoms with Gasteiger partial charge in [-0.3, -0.25) is 4.72 Å². The Bertz CT molecular complexity index is 625. The number of hydrogen-bond acceptors (Lipinski definition) is 5. The molecule has 17 heavy (non-hydrogen) atoms. The van der Waals surface area contributed by atoms with E-state index >= 15 is 0 Å². The van der Waals surface area contributed by atoms with Gasteiger partial charge >= 0.3 is 0 Å². The molecular weight excluding hydrogens is 282 g/mol. The number of sulfonamides is 1. The summed E-state index contributed by atoms with van der Waals surface area (Å²) in [6.45, 7) is 1.59. The predicted octanol–water partition coefficient (Wildman–Crippen LogP) is 2.30. The summed E-state index contributed by atoms with van der Waals surface area (Å²) in [5, 5.41) is 0. The molecule has 8 heteroatoms. The van der Waals surface area contributed by atoms with Crippen molar-refractivity contribution in [1.29, 1.82) is 0 Å². The summed E-state index contributed by atoms with van der Waals surface area (Å²) < 4.78 is 26.7. The monoisotopic (exact) mass is 289 g/mol. The maximum absolute atomic E-state index is 12.0. The largest absolute Gasteiger partial charge is 0.274 e. The summed E-state index contributed by atoms with van der Waals surface area (Å²) >= 11 is 6.59. The molecular formula is C9H8ClN3O2S2. The normalized spacial score (nSPS) is 11.4. The molecule has 2 aromatic rings. The van der Waals surface area contributed by atoms with Crippen LogP contribution in [0, 0.1) is 6.92 Å².